The van der Waals surface area contributed by atoms with Crippen LogP contribution in [0.25, 0.3) is 0 Å². The van der Waals surface area contributed by atoms with Gasteiger partial charge < -0.3 is 20.5 Å². The summed E-state index contributed by atoms with van der Waals surface area (Å²) in [5.74, 6) is -0.512. The van der Waals surface area contributed by atoms with E-state index in [1.54, 1.807) is 6.07 Å². The summed E-state index contributed by atoms with van der Waals surface area (Å²) in [5.41, 5.74) is 7.17. The lowest BCUT2D eigenvalue weighted by atomic mass is 10.1. The van der Waals surface area contributed by atoms with Gasteiger partial charge in [-0.15, -0.1) is 0 Å². The van der Waals surface area contributed by atoms with E-state index in [4.69, 9.17) is 10.5 Å². The smallest absolute Gasteiger partial charge is 0.249 e. The summed E-state index contributed by atoms with van der Waals surface area (Å²) in [5, 5.41) is 9.24. The van der Waals surface area contributed by atoms with Gasteiger partial charge in [-0.2, -0.15) is 0 Å². The number of benzene rings is 1. The summed E-state index contributed by atoms with van der Waals surface area (Å²) >= 11 is 0. The van der Waals surface area contributed by atoms with Gasteiger partial charge in [0.05, 0.1) is 19.8 Å². The fourth-order valence-corrected chi connectivity index (χ4v) is 1.97. The molecule has 5 nitrogen and oxygen atoms in total. The van der Waals surface area contributed by atoms with Gasteiger partial charge >= 0.3 is 0 Å². The SMILES string of the molecule is NC(=O)c1ccc(N2CCOCC2)cc1CO. The van der Waals surface area contributed by atoms with Crippen LogP contribution in [-0.4, -0.2) is 37.3 Å². The average molecular weight is 236 g/mol. The number of aliphatic hydroxyl groups excluding tert-OH is 1. The normalized spacial score (nSPS) is 15.9. The zero-order chi connectivity index (χ0) is 12.3. The van der Waals surface area contributed by atoms with Gasteiger partial charge in [0.25, 0.3) is 0 Å². The highest BCUT2D eigenvalue weighted by atomic mass is 16.5. The number of anilines is 1. The van der Waals surface area contributed by atoms with E-state index >= 15 is 0 Å². The minimum atomic E-state index is -0.512. The molecule has 5 heteroatoms. The number of nitrogens with two attached hydrogens (primary N) is 1. The monoisotopic (exact) mass is 236 g/mol. The number of carbonyl (C=O) groups excluding carboxylic acids is 1. The average Bonchev–Trinajstić information content (AvgIpc) is 2.39. The van der Waals surface area contributed by atoms with Crippen molar-refractivity contribution in [1.29, 1.82) is 0 Å². The molecule has 17 heavy (non-hydrogen) atoms. The van der Waals surface area contributed by atoms with Gasteiger partial charge in [-0.1, -0.05) is 0 Å². The summed E-state index contributed by atoms with van der Waals surface area (Å²) in [6, 6.07) is 5.33. The fourth-order valence-electron chi connectivity index (χ4n) is 1.97. The lowest BCUT2D eigenvalue weighted by molar-refractivity contribution is 0.0997. The van der Waals surface area contributed by atoms with Gasteiger partial charge in [-0.3, -0.25) is 4.79 Å². The standard InChI is InChI=1S/C12H16N2O3/c13-12(16)11-2-1-10(7-9(11)8-15)14-3-5-17-6-4-14/h1-2,7,15H,3-6,8H2,(H2,13,16). The van der Waals surface area contributed by atoms with Gasteiger partial charge in [0.2, 0.25) is 5.91 Å². The highest BCUT2D eigenvalue weighted by molar-refractivity contribution is 5.94. The van der Waals surface area contributed by atoms with Crippen LogP contribution in [0.3, 0.4) is 0 Å². The third-order valence-corrected chi connectivity index (χ3v) is 2.90. The molecule has 0 saturated carbocycles. The van der Waals surface area contributed by atoms with Crippen LogP contribution >= 0.6 is 0 Å². The van der Waals surface area contributed by atoms with E-state index in [0.717, 1.165) is 18.8 Å². The topological polar surface area (TPSA) is 75.8 Å². The van der Waals surface area contributed by atoms with Gasteiger partial charge in [-0.25, -0.2) is 0 Å². The fraction of sp³-hybridized carbons (Fsp3) is 0.417. The molecule has 0 spiro atoms. The largest absolute Gasteiger partial charge is 0.392 e. The Labute approximate surface area is 99.8 Å². The number of amides is 1. The molecule has 92 valence electrons. The summed E-state index contributed by atoms with van der Waals surface area (Å²) in [4.78, 5) is 13.3. The first-order valence-electron chi connectivity index (χ1n) is 5.58. The zero-order valence-corrected chi connectivity index (χ0v) is 9.56. The number of nitrogens with zero attached hydrogens (tertiary/aromatic N) is 1. The lowest BCUT2D eigenvalue weighted by Crippen LogP contribution is -2.36. The van der Waals surface area contributed by atoms with Crippen LogP contribution in [0.4, 0.5) is 5.69 Å². The molecule has 3 N–H and O–H groups in total. The van der Waals surface area contributed by atoms with Crippen molar-refractivity contribution in [2.24, 2.45) is 5.73 Å². The maximum atomic E-state index is 11.1. The van der Waals surface area contributed by atoms with Crippen molar-refractivity contribution in [1.82, 2.24) is 0 Å². The lowest BCUT2D eigenvalue weighted by Gasteiger charge is -2.29. The Morgan fingerprint density at radius 1 is 1.41 bits per heavy atom. The van der Waals surface area contributed by atoms with Crippen LogP contribution in [0.1, 0.15) is 15.9 Å². The molecule has 0 atom stereocenters. The number of primary amides is 1. The van der Waals surface area contributed by atoms with Crippen molar-refractivity contribution < 1.29 is 14.6 Å². The molecule has 1 saturated heterocycles. The molecule has 1 heterocycles. The highest BCUT2D eigenvalue weighted by Crippen LogP contribution is 2.20. The van der Waals surface area contributed by atoms with Gasteiger partial charge in [0.1, 0.15) is 0 Å². The molecule has 1 aliphatic rings. The van der Waals surface area contributed by atoms with E-state index in [1.165, 1.54) is 0 Å². The molecule has 0 aromatic heterocycles. The van der Waals surface area contributed by atoms with E-state index in [0.29, 0.717) is 24.3 Å². The Kier molecular flexibility index (Phi) is 3.61. The third kappa shape index (κ3) is 2.57. The Balaban J connectivity index is 2.27. The molecule has 0 bridgehead atoms. The predicted octanol–water partition coefficient (Wildman–Crippen LogP) is 0.114. The maximum Gasteiger partial charge on any atom is 0.249 e. The molecule has 1 aliphatic heterocycles. The van der Waals surface area contributed by atoms with Gasteiger partial charge in [0.15, 0.2) is 0 Å². The van der Waals surface area contributed by atoms with E-state index in [2.05, 4.69) is 4.90 Å². The molecule has 1 aromatic rings. The first-order chi connectivity index (χ1) is 8.22. The summed E-state index contributed by atoms with van der Waals surface area (Å²) in [6.45, 7) is 2.86. The van der Waals surface area contributed by atoms with Crippen LogP contribution in [0, 0.1) is 0 Å². The first kappa shape index (κ1) is 11.9. The number of carbonyl (C=O) groups is 1. The second-order valence-corrected chi connectivity index (χ2v) is 3.96. The molecule has 1 aromatic carbocycles. The summed E-state index contributed by atoms with van der Waals surface area (Å²) < 4.78 is 5.27. The van der Waals surface area contributed by atoms with Crippen LogP contribution in [0.15, 0.2) is 18.2 Å². The predicted molar refractivity (Wildman–Crippen MR) is 63.9 cm³/mol. The molecular formula is C12H16N2O3. The van der Waals surface area contributed by atoms with Crippen LogP contribution < -0.4 is 10.6 Å². The molecule has 0 radical (unpaired) electrons. The molecule has 1 fully saturated rings. The van der Waals surface area contributed by atoms with E-state index in [9.17, 15) is 9.90 Å². The van der Waals surface area contributed by atoms with Crippen molar-refractivity contribution in [2.75, 3.05) is 31.2 Å². The van der Waals surface area contributed by atoms with Gasteiger partial charge in [-0.05, 0) is 23.8 Å². The van der Waals surface area contributed by atoms with Crippen molar-refractivity contribution in [3.8, 4) is 0 Å². The van der Waals surface area contributed by atoms with Crippen LogP contribution in [-0.2, 0) is 11.3 Å². The van der Waals surface area contributed by atoms with E-state index in [1.807, 2.05) is 12.1 Å². The van der Waals surface area contributed by atoms with Crippen LogP contribution in [0.2, 0.25) is 0 Å². The number of rotatable bonds is 3. The summed E-state index contributed by atoms with van der Waals surface area (Å²) in [7, 11) is 0. The summed E-state index contributed by atoms with van der Waals surface area (Å²) in [6.07, 6.45) is 0. The molecule has 0 aliphatic carbocycles. The molecule has 1 amide bonds. The van der Waals surface area contributed by atoms with Gasteiger partial charge in [0, 0.05) is 24.3 Å². The third-order valence-electron chi connectivity index (χ3n) is 2.90. The molecule has 2 rings (SSSR count). The Morgan fingerprint density at radius 3 is 2.71 bits per heavy atom. The first-order valence-corrected chi connectivity index (χ1v) is 5.58. The maximum absolute atomic E-state index is 11.1. The Morgan fingerprint density at radius 2 is 2.12 bits per heavy atom. The number of hydrogen-bond acceptors (Lipinski definition) is 4. The number of ether oxygens (including phenoxy) is 1. The van der Waals surface area contributed by atoms with Crippen molar-refractivity contribution in [3.63, 3.8) is 0 Å². The Bertz CT molecular complexity index is 414. The zero-order valence-electron chi connectivity index (χ0n) is 9.56. The van der Waals surface area contributed by atoms with Crippen molar-refractivity contribution >= 4 is 11.6 Å². The molecule has 0 unspecified atom stereocenters. The minimum Gasteiger partial charge on any atom is -0.392 e. The minimum absolute atomic E-state index is 0.184. The number of morpholine rings is 1. The Hall–Kier alpha value is -1.59. The molecular weight excluding hydrogens is 220 g/mol. The van der Waals surface area contributed by atoms with Crippen molar-refractivity contribution in [3.05, 3.63) is 29.3 Å². The second kappa shape index (κ2) is 5.16. The van der Waals surface area contributed by atoms with E-state index in [-0.39, 0.29) is 6.61 Å². The van der Waals surface area contributed by atoms with E-state index < -0.39 is 5.91 Å². The van der Waals surface area contributed by atoms with Crippen molar-refractivity contribution in [2.45, 2.75) is 6.61 Å². The number of hydrogen-bond donors (Lipinski definition) is 2. The highest BCUT2D eigenvalue weighted by Gasteiger charge is 2.14. The quantitative estimate of drug-likeness (QED) is 0.781. The number of aliphatic hydroxyl groups is 1. The van der Waals surface area contributed by atoms with Crippen LogP contribution in [0.5, 0.6) is 0 Å². The second-order valence-electron chi connectivity index (χ2n) is 3.96.